The maximum atomic E-state index is 15.7. The third-order valence-electron chi connectivity index (χ3n) is 7.53. The number of alkyl halides is 3. The van der Waals surface area contributed by atoms with E-state index in [1.807, 2.05) is 26.0 Å². The Morgan fingerprint density at radius 2 is 1.66 bits per heavy atom. The lowest BCUT2D eigenvalue weighted by Gasteiger charge is -2.46. The van der Waals surface area contributed by atoms with Crippen LogP contribution in [0.3, 0.4) is 0 Å². The summed E-state index contributed by atoms with van der Waals surface area (Å²) in [5.74, 6) is -3.17. The molecule has 0 spiro atoms. The van der Waals surface area contributed by atoms with Gasteiger partial charge in [-0.2, -0.15) is 5.10 Å². The van der Waals surface area contributed by atoms with Crippen LogP contribution in [0.5, 0.6) is 0 Å². The zero-order valence-corrected chi connectivity index (χ0v) is 23.3. The van der Waals surface area contributed by atoms with E-state index in [2.05, 4.69) is 4.98 Å². The van der Waals surface area contributed by atoms with Gasteiger partial charge < -0.3 is 9.64 Å². The molecule has 216 valence electrons. The summed E-state index contributed by atoms with van der Waals surface area (Å²) in [4.78, 5) is 19.0. The lowest BCUT2D eigenvalue weighted by atomic mass is 9.73. The highest BCUT2D eigenvalue weighted by Gasteiger charge is 2.48. The van der Waals surface area contributed by atoms with Gasteiger partial charge in [0.25, 0.3) is 0 Å². The Morgan fingerprint density at radius 1 is 1.05 bits per heavy atom. The lowest BCUT2D eigenvalue weighted by molar-refractivity contribution is -0.0547. The van der Waals surface area contributed by atoms with E-state index in [4.69, 9.17) is 9.84 Å². The van der Waals surface area contributed by atoms with E-state index in [-0.39, 0.29) is 34.8 Å². The van der Waals surface area contributed by atoms with Crippen LogP contribution >= 0.6 is 0 Å². The van der Waals surface area contributed by atoms with E-state index in [0.717, 1.165) is 24.0 Å². The molecule has 6 nitrogen and oxygen atoms in total. The average Bonchev–Trinajstić information content (AvgIpc) is 3.13. The number of rotatable bonds is 3. The first-order chi connectivity index (χ1) is 16.5. The van der Waals surface area contributed by atoms with Crippen molar-refractivity contribution in [3.05, 3.63) is 29.2 Å². The molecule has 1 aliphatic carbocycles. The third-order valence-corrected chi connectivity index (χ3v) is 7.53. The standard InChI is InChI=1S/C27H39F3N4O2.2FH/c1-17-12-21(25(5)14-26(6,28)16-33(15-25)23(35)36-24(2,3)4)34-22(31-17)13-20(32-34)18-8-10-19(11-9-18)27(7,29)30;;/h12-13,18-19H,8-11,14-16H2,1-7H3;2*1H. The molecule has 1 amide bonds. The van der Waals surface area contributed by atoms with Crippen molar-refractivity contribution < 1.29 is 32.1 Å². The van der Waals surface area contributed by atoms with Gasteiger partial charge in [-0.1, -0.05) is 6.92 Å². The molecule has 1 aliphatic heterocycles. The number of nitrogens with zero attached hydrogens (tertiary/aromatic N) is 4. The summed E-state index contributed by atoms with van der Waals surface area (Å²) >= 11 is 0. The van der Waals surface area contributed by atoms with Crippen LogP contribution in [0.25, 0.3) is 5.65 Å². The Kier molecular flexibility index (Phi) is 8.86. The quantitative estimate of drug-likeness (QED) is 0.392. The van der Waals surface area contributed by atoms with Crippen molar-refractivity contribution >= 4 is 11.7 Å². The first kappa shape index (κ1) is 31.8. The zero-order chi connectivity index (χ0) is 26.7. The number of hydrogen-bond donors (Lipinski definition) is 0. The van der Waals surface area contributed by atoms with Crippen LogP contribution in [0.15, 0.2) is 12.1 Å². The smallest absolute Gasteiger partial charge is 0.410 e. The van der Waals surface area contributed by atoms with Gasteiger partial charge >= 0.3 is 6.09 Å². The number of aryl methyl sites for hydroxylation is 1. The fraction of sp³-hybridized carbons (Fsp3) is 0.741. The summed E-state index contributed by atoms with van der Waals surface area (Å²) in [7, 11) is 0. The highest BCUT2D eigenvalue weighted by molar-refractivity contribution is 5.69. The number of amides is 1. The molecule has 1 saturated heterocycles. The molecule has 2 fully saturated rings. The summed E-state index contributed by atoms with van der Waals surface area (Å²) in [6.07, 6.45) is 1.90. The topological polar surface area (TPSA) is 59.7 Å². The first-order valence-electron chi connectivity index (χ1n) is 12.9. The van der Waals surface area contributed by atoms with Gasteiger partial charge in [-0.25, -0.2) is 27.5 Å². The Balaban J connectivity index is 0.00000253. The van der Waals surface area contributed by atoms with E-state index >= 15 is 4.39 Å². The predicted molar refractivity (Wildman–Crippen MR) is 137 cm³/mol. The molecular formula is C27H41F5N4O2. The number of fused-ring (bicyclic) bond motifs is 1. The third kappa shape index (κ3) is 6.75. The van der Waals surface area contributed by atoms with Crippen molar-refractivity contribution in [3.63, 3.8) is 0 Å². The van der Waals surface area contributed by atoms with Gasteiger partial charge in [0, 0.05) is 35.6 Å². The average molecular weight is 549 g/mol. The summed E-state index contributed by atoms with van der Waals surface area (Å²) < 4.78 is 50.6. The minimum Gasteiger partial charge on any atom is -0.444 e. The van der Waals surface area contributed by atoms with Crippen LogP contribution in [0, 0.1) is 12.8 Å². The van der Waals surface area contributed by atoms with E-state index in [9.17, 15) is 13.6 Å². The van der Waals surface area contributed by atoms with E-state index in [1.54, 1.807) is 25.3 Å². The maximum Gasteiger partial charge on any atom is 0.410 e. The van der Waals surface area contributed by atoms with Crippen LogP contribution < -0.4 is 0 Å². The van der Waals surface area contributed by atoms with Crippen molar-refractivity contribution in [3.8, 4) is 0 Å². The minimum atomic E-state index is -2.66. The lowest BCUT2D eigenvalue weighted by Crippen LogP contribution is -2.57. The fourth-order valence-electron chi connectivity index (χ4n) is 6.07. The van der Waals surface area contributed by atoms with Gasteiger partial charge in [0.1, 0.15) is 11.3 Å². The number of aromatic nitrogens is 3. The highest BCUT2D eigenvalue weighted by atomic mass is 19.3. The van der Waals surface area contributed by atoms with Crippen LogP contribution in [-0.4, -0.2) is 55.9 Å². The second-order valence-electron chi connectivity index (χ2n) is 12.6. The molecule has 4 rings (SSSR count). The summed E-state index contributed by atoms with van der Waals surface area (Å²) in [6.45, 7) is 12.0. The summed E-state index contributed by atoms with van der Waals surface area (Å²) in [6, 6.07) is 3.84. The largest absolute Gasteiger partial charge is 0.444 e. The van der Waals surface area contributed by atoms with Crippen LogP contribution in [0.4, 0.5) is 27.4 Å². The normalized spacial score (nSPS) is 28.4. The van der Waals surface area contributed by atoms with E-state index in [1.165, 1.54) is 11.8 Å². The number of hydrogen-bond acceptors (Lipinski definition) is 4. The van der Waals surface area contributed by atoms with Crippen molar-refractivity contribution in [2.45, 2.75) is 109 Å². The van der Waals surface area contributed by atoms with Gasteiger partial charge in [0.2, 0.25) is 5.92 Å². The molecule has 0 radical (unpaired) electrons. The van der Waals surface area contributed by atoms with Gasteiger partial charge in [-0.05, 0) is 79.7 Å². The van der Waals surface area contributed by atoms with Crippen molar-refractivity contribution in [2.24, 2.45) is 5.92 Å². The van der Waals surface area contributed by atoms with Gasteiger partial charge in [0.15, 0.2) is 5.65 Å². The van der Waals surface area contributed by atoms with E-state index < -0.39 is 34.6 Å². The molecule has 11 heteroatoms. The van der Waals surface area contributed by atoms with E-state index in [0.29, 0.717) is 31.3 Å². The first-order valence-corrected chi connectivity index (χ1v) is 12.9. The van der Waals surface area contributed by atoms with Crippen molar-refractivity contribution in [2.75, 3.05) is 13.1 Å². The Morgan fingerprint density at radius 3 is 2.21 bits per heavy atom. The fourth-order valence-corrected chi connectivity index (χ4v) is 6.07. The van der Waals surface area contributed by atoms with Crippen LogP contribution in [0.1, 0.15) is 96.6 Å². The molecule has 0 bridgehead atoms. The second kappa shape index (κ2) is 10.6. The van der Waals surface area contributed by atoms with Gasteiger partial charge in [-0.15, -0.1) is 0 Å². The minimum absolute atomic E-state index is 0. The molecule has 2 aromatic heterocycles. The van der Waals surface area contributed by atoms with Crippen molar-refractivity contribution in [1.29, 1.82) is 0 Å². The molecule has 0 aromatic carbocycles. The Labute approximate surface area is 221 Å². The monoisotopic (exact) mass is 548 g/mol. The molecule has 2 aromatic rings. The number of piperidine rings is 1. The second-order valence-corrected chi connectivity index (χ2v) is 12.6. The summed E-state index contributed by atoms with van der Waals surface area (Å²) in [5, 5.41) is 4.87. The number of likely N-dealkylation sites (tertiary alicyclic amines) is 1. The van der Waals surface area contributed by atoms with Crippen LogP contribution in [-0.2, 0) is 10.2 Å². The molecule has 2 aliphatic rings. The predicted octanol–water partition coefficient (Wildman–Crippen LogP) is 6.90. The molecule has 1 saturated carbocycles. The molecular weight excluding hydrogens is 507 g/mol. The van der Waals surface area contributed by atoms with Gasteiger partial charge in [0.05, 0.1) is 17.9 Å². The molecule has 2 unspecified atom stereocenters. The summed E-state index contributed by atoms with van der Waals surface area (Å²) in [5.41, 5.74) is -0.00642. The SMILES string of the molecule is Cc1cc(C2(C)CN(C(=O)OC(C)(C)C)CC(C)(F)C2)n2nc(C3CCC(C(C)(F)F)CC3)cc2n1.F.F. The number of carbonyl (C=O) groups excluding carboxylic acids is 1. The highest BCUT2D eigenvalue weighted by Crippen LogP contribution is 2.43. The maximum absolute atomic E-state index is 15.7. The van der Waals surface area contributed by atoms with Crippen molar-refractivity contribution in [1.82, 2.24) is 19.5 Å². The van der Waals surface area contributed by atoms with Crippen LogP contribution in [0.2, 0.25) is 0 Å². The zero-order valence-electron chi connectivity index (χ0n) is 23.3. The number of ether oxygens (including phenoxy) is 1. The molecule has 0 N–H and O–H groups in total. The Bertz CT molecular complexity index is 1130. The molecule has 2 atom stereocenters. The molecule has 38 heavy (non-hydrogen) atoms. The Hall–Kier alpha value is -2.46. The molecule has 3 heterocycles. The number of carbonyl (C=O) groups is 1. The number of halogens is 5. The van der Waals surface area contributed by atoms with Gasteiger partial charge in [-0.3, -0.25) is 9.41 Å².